The maximum Gasteiger partial charge on any atom is 0.262 e. The van der Waals surface area contributed by atoms with E-state index in [-0.39, 0.29) is 22.3 Å². The first kappa shape index (κ1) is 20.8. The first-order chi connectivity index (χ1) is 13.8. The van der Waals surface area contributed by atoms with Crippen LogP contribution in [0.25, 0.3) is 0 Å². The third kappa shape index (κ3) is 3.98. The molecule has 2 aliphatic heterocycles. The molecule has 1 spiro atoms. The summed E-state index contributed by atoms with van der Waals surface area (Å²) in [4.78, 5) is 18.9. The van der Waals surface area contributed by atoms with Gasteiger partial charge in [0, 0.05) is 45.8 Å². The van der Waals surface area contributed by atoms with Crippen molar-refractivity contribution in [3.63, 3.8) is 0 Å². The third-order valence-corrected chi connectivity index (χ3v) is 9.17. The van der Waals surface area contributed by atoms with Crippen molar-refractivity contribution < 1.29 is 13.2 Å². The van der Waals surface area contributed by atoms with Gasteiger partial charge in [0.05, 0.1) is 0 Å². The summed E-state index contributed by atoms with van der Waals surface area (Å²) >= 11 is 0. The molecule has 1 atom stereocenters. The van der Waals surface area contributed by atoms with E-state index in [1.807, 2.05) is 18.9 Å². The fraction of sp³-hybridized carbons (Fsp3) is 0.810. The number of amides is 1. The monoisotopic (exact) mass is 422 g/mol. The van der Waals surface area contributed by atoms with Crippen molar-refractivity contribution in [2.45, 2.75) is 69.7 Å². The van der Waals surface area contributed by atoms with Gasteiger partial charge < -0.3 is 9.47 Å². The molecule has 162 valence electrons. The Morgan fingerprint density at radius 3 is 2.48 bits per heavy atom. The maximum atomic E-state index is 13.3. The van der Waals surface area contributed by atoms with Crippen molar-refractivity contribution in [1.29, 1.82) is 0 Å². The number of sulfonamides is 1. The van der Waals surface area contributed by atoms with E-state index < -0.39 is 10.0 Å². The van der Waals surface area contributed by atoms with Gasteiger partial charge in [-0.25, -0.2) is 13.4 Å². The molecular weight excluding hydrogens is 388 g/mol. The predicted octanol–water partition coefficient (Wildman–Crippen LogP) is 2.70. The number of hydrogen-bond donors (Lipinski definition) is 0. The molecule has 0 bridgehead atoms. The molecule has 7 nitrogen and oxygen atoms in total. The Labute approximate surface area is 174 Å². The number of likely N-dealkylation sites (tertiary alicyclic amines) is 1. The van der Waals surface area contributed by atoms with Gasteiger partial charge in [-0.05, 0) is 50.4 Å². The van der Waals surface area contributed by atoms with Crippen molar-refractivity contribution in [2.75, 3.05) is 26.2 Å². The molecule has 0 aromatic carbocycles. The van der Waals surface area contributed by atoms with Crippen LogP contribution in [-0.4, -0.2) is 59.3 Å². The minimum absolute atomic E-state index is 0.0282. The van der Waals surface area contributed by atoms with E-state index in [0.717, 1.165) is 58.0 Å². The summed E-state index contributed by atoms with van der Waals surface area (Å²) in [5.74, 6) is 1.20. The molecule has 29 heavy (non-hydrogen) atoms. The summed E-state index contributed by atoms with van der Waals surface area (Å²) in [6.45, 7) is 4.68. The molecule has 0 N–H and O–H groups in total. The second-order valence-corrected chi connectivity index (χ2v) is 11.2. The maximum absolute atomic E-state index is 13.3. The summed E-state index contributed by atoms with van der Waals surface area (Å²) in [7, 11) is -1.78. The van der Waals surface area contributed by atoms with E-state index in [4.69, 9.17) is 0 Å². The van der Waals surface area contributed by atoms with Crippen molar-refractivity contribution >= 4 is 15.9 Å². The van der Waals surface area contributed by atoms with Gasteiger partial charge in [0.2, 0.25) is 5.91 Å². The number of nitrogens with zero attached hydrogens (tertiary/aromatic N) is 4. The lowest BCUT2D eigenvalue weighted by atomic mass is 9.66. The first-order valence-electron chi connectivity index (χ1n) is 11.1. The van der Waals surface area contributed by atoms with E-state index in [0.29, 0.717) is 25.3 Å². The zero-order chi connectivity index (χ0) is 20.6. The number of imidazole rings is 1. The van der Waals surface area contributed by atoms with Gasteiger partial charge in [0.25, 0.3) is 10.0 Å². The van der Waals surface area contributed by atoms with Crippen LogP contribution in [0.1, 0.15) is 63.6 Å². The normalized spacial score (nSPS) is 25.2. The van der Waals surface area contributed by atoms with Crippen molar-refractivity contribution in [3.8, 4) is 0 Å². The van der Waals surface area contributed by atoms with E-state index in [1.54, 1.807) is 15.1 Å². The Bertz CT molecular complexity index is 832. The van der Waals surface area contributed by atoms with Gasteiger partial charge in [-0.15, -0.1) is 0 Å². The number of carbonyl (C=O) groups is 1. The molecule has 3 aliphatic rings. The summed E-state index contributed by atoms with van der Waals surface area (Å²) in [5, 5.41) is 0.150. The van der Waals surface area contributed by atoms with Gasteiger partial charge in [-0.1, -0.05) is 19.3 Å². The molecule has 1 aromatic rings. The quantitative estimate of drug-likeness (QED) is 0.731. The zero-order valence-electron chi connectivity index (χ0n) is 17.8. The molecule has 1 aliphatic carbocycles. The number of aryl methyl sites for hydroxylation is 2. The molecule has 1 amide bonds. The Kier molecular flexibility index (Phi) is 5.77. The van der Waals surface area contributed by atoms with Crippen LogP contribution in [0.3, 0.4) is 0 Å². The number of carbonyl (C=O) groups excluding carboxylic acids is 1. The molecule has 1 saturated carbocycles. The van der Waals surface area contributed by atoms with Crippen LogP contribution in [0.2, 0.25) is 0 Å². The van der Waals surface area contributed by atoms with Crippen LogP contribution in [0.4, 0.5) is 0 Å². The number of hydrogen-bond acceptors (Lipinski definition) is 4. The zero-order valence-corrected chi connectivity index (χ0v) is 18.6. The van der Waals surface area contributed by atoms with E-state index in [2.05, 4.69) is 4.98 Å². The minimum Gasteiger partial charge on any atom is -0.343 e. The van der Waals surface area contributed by atoms with E-state index in [1.165, 1.54) is 6.42 Å². The van der Waals surface area contributed by atoms with Gasteiger partial charge in [0.15, 0.2) is 5.03 Å². The van der Waals surface area contributed by atoms with Crippen molar-refractivity contribution in [2.24, 2.45) is 18.4 Å². The van der Waals surface area contributed by atoms with E-state index in [9.17, 15) is 13.2 Å². The third-order valence-electron chi connectivity index (χ3n) is 7.49. The highest BCUT2D eigenvalue weighted by atomic mass is 32.2. The standard InChI is InChI=1S/C21H34N4O3S/c1-17-22-19(15-23(17)2)29(27,28)25-14-18(21(16-25)10-4-3-5-11-21)8-9-20(26)24-12-6-7-13-24/h15,18H,3-14,16H2,1-2H3. The summed E-state index contributed by atoms with van der Waals surface area (Å²) < 4.78 is 30.0. The van der Waals surface area contributed by atoms with Crippen LogP contribution in [0.5, 0.6) is 0 Å². The van der Waals surface area contributed by atoms with Gasteiger partial charge in [-0.2, -0.15) is 4.31 Å². The van der Waals surface area contributed by atoms with Crippen LogP contribution < -0.4 is 0 Å². The molecule has 2 saturated heterocycles. The van der Waals surface area contributed by atoms with E-state index >= 15 is 0 Å². The predicted molar refractivity (Wildman–Crippen MR) is 111 cm³/mol. The van der Waals surface area contributed by atoms with Crippen molar-refractivity contribution in [3.05, 3.63) is 12.0 Å². The fourth-order valence-corrected chi connectivity index (χ4v) is 7.20. The first-order valence-corrected chi connectivity index (χ1v) is 12.5. The average molecular weight is 423 g/mol. The molecule has 1 unspecified atom stereocenters. The Balaban J connectivity index is 1.51. The Morgan fingerprint density at radius 2 is 1.86 bits per heavy atom. The average Bonchev–Trinajstić information content (AvgIpc) is 3.42. The highest BCUT2D eigenvalue weighted by Crippen LogP contribution is 2.50. The largest absolute Gasteiger partial charge is 0.343 e. The minimum atomic E-state index is -3.60. The molecule has 8 heteroatoms. The second kappa shape index (κ2) is 8.02. The lowest BCUT2D eigenvalue weighted by molar-refractivity contribution is -0.130. The summed E-state index contributed by atoms with van der Waals surface area (Å²) in [6.07, 6.45) is 10.9. The Hall–Kier alpha value is -1.41. The summed E-state index contributed by atoms with van der Waals surface area (Å²) in [5.41, 5.74) is 0.0282. The second-order valence-electron chi connectivity index (χ2n) is 9.28. The molecule has 1 aromatic heterocycles. The van der Waals surface area contributed by atoms with Crippen LogP contribution in [0.15, 0.2) is 11.2 Å². The lowest BCUT2D eigenvalue weighted by Crippen LogP contribution is -2.35. The fourth-order valence-electron chi connectivity index (χ4n) is 5.59. The number of aromatic nitrogens is 2. The topological polar surface area (TPSA) is 75.5 Å². The van der Waals surface area contributed by atoms with Gasteiger partial charge in [0.1, 0.15) is 5.82 Å². The molecule has 3 fully saturated rings. The molecular formula is C21H34N4O3S. The highest BCUT2D eigenvalue weighted by molar-refractivity contribution is 7.89. The SMILES string of the molecule is Cc1nc(S(=O)(=O)N2CC(CCC(=O)N3CCCC3)C3(CCCCC3)C2)cn1C. The molecule has 4 rings (SSSR count). The van der Waals surface area contributed by atoms with Crippen molar-refractivity contribution in [1.82, 2.24) is 18.8 Å². The molecule has 0 radical (unpaired) electrons. The number of rotatable bonds is 5. The van der Waals surface area contributed by atoms with Gasteiger partial charge in [-0.3, -0.25) is 4.79 Å². The highest BCUT2D eigenvalue weighted by Gasteiger charge is 2.50. The Morgan fingerprint density at radius 1 is 1.17 bits per heavy atom. The van der Waals surface area contributed by atoms with Crippen LogP contribution >= 0.6 is 0 Å². The molecule has 3 heterocycles. The van der Waals surface area contributed by atoms with Crippen LogP contribution in [0, 0.1) is 18.3 Å². The summed E-state index contributed by atoms with van der Waals surface area (Å²) in [6, 6.07) is 0. The van der Waals surface area contributed by atoms with Crippen LogP contribution in [-0.2, 0) is 21.9 Å². The van der Waals surface area contributed by atoms with Gasteiger partial charge >= 0.3 is 0 Å². The lowest BCUT2D eigenvalue weighted by Gasteiger charge is -2.38. The smallest absolute Gasteiger partial charge is 0.262 e.